The fourth-order valence-corrected chi connectivity index (χ4v) is 3.67. The Morgan fingerprint density at radius 1 is 1.17 bits per heavy atom. The van der Waals surface area contributed by atoms with Gasteiger partial charge in [-0.15, -0.1) is 0 Å². The van der Waals surface area contributed by atoms with Crippen molar-refractivity contribution in [2.24, 2.45) is 0 Å². The highest BCUT2D eigenvalue weighted by atomic mass is 35.5. The van der Waals surface area contributed by atoms with E-state index in [1.165, 1.54) is 29.2 Å². The zero-order valence-corrected chi connectivity index (χ0v) is 13.7. The highest BCUT2D eigenvalue weighted by molar-refractivity contribution is 7.92. The number of likely N-dealkylation sites (tertiary alicyclic amines) is 1. The van der Waals surface area contributed by atoms with Crippen LogP contribution in [-0.4, -0.2) is 59.9 Å². The van der Waals surface area contributed by atoms with E-state index in [-0.39, 0.29) is 30.8 Å². The molecule has 0 atom stereocenters. The summed E-state index contributed by atoms with van der Waals surface area (Å²) in [6, 6.07) is 5.49. The van der Waals surface area contributed by atoms with Crippen molar-refractivity contribution >= 4 is 33.3 Å². The number of carbonyl (C=O) groups is 2. The predicted molar refractivity (Wildman–Crippen MR) is 81.9 cm³/mol. The van der Waals surface area contributed by atoms with Crippen molar-refractivity contribution in [1.29, 1.82) is 0 Å². The van der Waals surface area contributed by atoms with Crippen LogP contribution in [-0.2, 0) is 19.4 Å². The molecule has 23 heavy (non-hydrogen) atoms. The molecule has 0 aliphatic carbocycles. The summed E-state index contributed by atoms with van der Waals surface area (Å²) in [5.41, 5.74) is -1.86. The maximum Gasteiger partial charge on any atom is 0.335 e. The summed E-state index contributed by atoms with van der Waals surface area (Å²) in [7, 11) is -3.80. The maximum absolute atomic E-state index is 12.2. The third-order valence-electron chi connectivity index (χ3n) is 3.83. The Balaban J connectivity index is 2.02. The van der Waals surface area contributed by atoms with Crippen LogP contribution in [0.2, 0.25) is 5.02 Å². The van der Waals surface area contributed by atoms with Crippen LogP contribution in [0.3, 0.4) is 0 Å². The van der Waals surface area contributed by atoms with Gasteiger partial charge >= 0.3 is 5.97 Å². The molecular weight excluding hydrogens is 346 g/mol. The number of aliphatic carboxylic acids is 1. The summed E-state index contributed by atoms with van der Waals surface area (Å²) in [5, 5.41) is 19.1. The van der Waals surface area contributed by atoms with Crippen molar-refractivity contribution in [3.8, 4) is 0 Å². The Labute approximate surface area is 138 Å². The molecule has 0 spiro atoms. The van der Waals surface area contributed by atoms with E-state index in [1.807, 2.05) is 0 Å². The van der Waals surface area contributed by atoms with E-state index in [2.05, 4.69) is 0 Å². The number of hydrogen-bond acceptors (Lipinski definition) is 5. The molecular formula is C14H16ClNO6S. The van der Waals surface area contributed by atoms with Gasteiger partial charge in [0.1, 0.15) is 5.75 Å². The molecule has 1 aliphatic heterocycles. The summed E-state index contributed by atoms with van der Waals surface area (Å²) in [5.74, 6) is -2.66. The first-order chi connectivity index (χ1) is 10.6. The molecule has 0 bridgehead atoms. The number of amides is 1. The Bertz CT molecular complexity index is 707. The van der Waals surface area contributed by atoms with Gasteiger partial charge in [-0.05, 0) is 24.3 Å². The van der Waals surface area contributed by atoms with Crippen molar-refractivity contribution < 1.29 is 28.2 Å². The molecule has 2 rings (SSSR count). The Morgan fingerprint density at radius 2 is 1.70 bits per heavy atom. The second kappa shape index (κ2) is 6.46. The predicted octanol–water partition coefficient (Wildman–Crippen LogP) is 0.552. The lowest BCUT2D eigenvalue weighted by atomic mass is 9.92. The molecule has 0 radical (unpaired) electrons. The van der Waals surface area contributed by atoms with Crippen LogP contribution in [0.25, 0.3) is 0 Å². The number of piperidine rings is 1. The lowest BCUT2D eigenvalue weighted by Gasteiger charge is -2.35. The Kier molecular flexibility index (Phi) is 4.98. The summed E-state index contributed by atoms with van der Waals surface area (Å²) in [6.45, 7) is -0.00442. The quantitative estimate of drug-likeness (QED) is 0.810. The minimum absolute atomic E-state index is 0.00221. The first-order valence-corrected chi connectivity index (χ1v) is 8.89. The zero-order valence-electron chi connectivity index (χ0n) is 12.1. The van der Waals surface area contributed by atoms with E-state index in [4.69, 9.17) is 16.7 Å². The number of carboxylic acid groups (broad SMARTS) is 1. The molecule has 9 heteroatoms. The lowest BCUT2D eigenvalue weighted by Crippen LogP contribution is -2.51. The SMILES string of the molecule is O=C(CS(=O)(=O)c1ccc(Cl)cc1)N1CCC(O)(C(=O)O)CC1. The van der Waals surface area contributed by atoms with Crippen molar-refractivity contribution in [1.82, 2.24) is 4.90 Å². The summed E-state index contributed by atoms with van der Waals surface area (Å²) >= 11 is 5.70. The van der Waals surface area contributed by atoms with Crippen LogP contribution in [0.15, 0.2) is 29.2 Å². The average Bonchev–Trinajstić information content (AvgIpc) is 2.47. The summed E-state index contributed by atoms with van der Waals surface area (Å²) in [4.78, 5) is 24.3. The first-order valence-electron chi connectivity index (χ1n) is 6.86. The molecule has 1 aliphatic rings. The van der Waals surface area contributed by atoms with Crippen LogP contribution < -0.4 is 0 Å². The molecule has 0 aromatic heterocycles. The van der Waals surface area contributed by atoms with Crippen LogP contribution in [0.5, 0.6) is 0 Å². The molecule has 1 amide bonds. The Hall–Kier alpha value is -1.64. The number of aliphatic hydroxyl groups is 1. The van der Waals surface area contributed by atoms with Gasteiger partial charge in [-0.3, -0.25) is 4.79 Å². The van der Waals surface area contributed by atoms with Crippen molar-refractivity contribution in [2.45, 2.75) is 23.3 Å². The van der Waals surface area contributed by atoms with E-state index < -0.39 is 33.1 Å². The number of hydrogen-bond donors (Lipinski definition) is 2. The summed E-state index contributed by atoms with van der Waals surface area (Å²) in [6.07, 6.45) is -0.260. The molecule has 1 saturated heterocycles. The van der Waals surface area contributed by atoms with Gasteiger partial charge in [0.2, 0.25) is 5.91 Å². The zero-order chi connectivity index (χ0) is 17.3. The van der Waals surface area contributed by atoms with Crippen molar-refractivity contribution in [2.75, 3.05) is 18.8 Å². The van der Waals surface area contributed by atoms with Gasteiger partial charge in [-0.1, -0.05) is 11.6 Å². The molecule has 1 aromatic rings. The van der Waals surface area contributed by atoms with Gasteiger partial charge in [-0.25, -0.2) is 13.2 Å². The van der Waals surface area contributed by atoms with Crippen molar-refractivity contribution in [3.05, 3.63) is 29.3 Å². The molecule has 1 heterocycles. The molecule has 0 unspecified atom stereocenters. The molecule has 2 N–H and O–H groups in total. The number of carbonyl (C=O) groups excluding carboxylic acids is 1. The van der Waals surface area contributed by atoms with E-state index in [0.29, 0.717) is 5.02 Å². The van der Waals surface area contributed by atoms with E-state index in [9.17, 15) is 23.1 Å². The average molecular weight is 362 g/mol. The van der Waals surface area contributed by atoms with E-state index in [1.54, 1.807) is 0 Å². The molecule has 1 fully saturated rings. The highest BCUT2D eigenvalue weighted by Gasteiger charge is 2.40. The number of sulfone groups is 1. The van der Waals surface area contributed by atoms with Crippen LogP contribution in [0.4, 0.5) is 0 Å². The van der Waals surface area contributed by atoms with Crippen LogP contribution in [0, 0.1) is 0 Å². The number of carboxylic acids is 1. The standard InChI is InChI=1S/C14H16ClNO6S/c15-10-1-3-11(4-2-10)23(21,22)9-12(17)16-7-5-14(20,6-8-16)13(18)19/h1-4,20H,5-9H2,(H,18,19). The van der Waals surface area contributed by atoms with Gasteiger partial charge in [0, 0.05) is 31.0 Å². The number of halogens is 1. The van der Waals surface area contributed by atoms with Gasteiger partial charge in [-0.2, -0.15) is 0 Å². The van der Waals surface area contributed by atoms with Crippen LogP contribution >= 0.6 is 11.6 Å². The topological polar surface area (TPSA) is 112 Å². The summed E-state index contributed by atoms with van der Waals surface area (Å²) < 4.78 is 24.4. The largest absolute Gasteiger partial charge is 0.479 e. The molecule has 0 saturated carbocycles. The highest BCUT2D eigenvalue weighted by Crippen LogP contribution is 2.23. The number of nitrogens with zero attached hydrogens (tertiary/aromatic N) is 1. The third kappa shape index (κ3) is 4.01. The second-order valence-corrected chi connectivity index (χ2v) is 7.86. The number of benzene rings is 1. The van der Waals surface area contributed by atoms with Crippen LogP contribution in [0.1, 0.15) is 12.8 Å². The van der Waals surface area contributed by atoms with Gasteiger partial charge < -0.3 is 15.1 Å². The third-order valence-corrected chi connectivity index (χ3v) is 5.70. The molecule has 7 nitrogen and oxygen atoms in total. The van der Waals surface area contributed by atoms with Gasteiger partial charge in [0.15, 0.2) is 15.4 Å². The van der Waals surface area contributed by atoms with E-state index in [0.717, 1.165) is 0 Å². The normalized spacial score (nSPS) is 17.7. The smallest absolute Gasteiger partial charge is 0.335 e. The van der Waals surface area contributed by atoms with E-state index >= 15 is 0 Å². The van der Waals surface area contributed by atoms with Crippen molar-refractivity contribution in [3.63, 3.8) is 0 Å². The lowest BCUT2D eigenvalue weighted by molar-refractivity contribution is -0.165. The van der Waals surface area contributed by atoms with Gasteiger partial charge in [0.05, 0.1) is 4.90 Å². The Morgan fingerprint density at radius 3 is 2.17 bits per heavy atom. The number of rotatable bonds is 4. The molecule has 126 valence electrons. The minimum Gasteiger partial charge on any atom is -0.479 e. The first kappa shape index (κ1) is 17.7. The monoisotopic (exact) mass is 361 g/mol. The second-order valence-electron chi connectivity index (χ2n) is 5.43. The maximum atomic E-state index is 12.2. The minimum atomic E-state index is -3.80. The van der Waals surface area contributed by atoms with Gasteiger partial charge in [0.25, 0.3) is 0 Å². The fraction of sp³-hybridized carbons (Fsp3) is 0.429. The molecule has 1 aromatic carbocycles. The fourth-order valence-electron chi connectivity index (χ4n) is 2.32.